The quantitative estimate of drug-likeness (QED) is 0.299. The molecule has 1 heterocycles. The SMILES string of the molecule is CCOc1c(I)cc(/C=C(\C#N)Sc2nc3ccccc3[nH]2)cc1OC. The predicted octanol–water partition coefficient (Wildman–Crippen LogP) is 5.23. The number of ether oxygens (including phenoxy) is 2. The lowest BCUT2D eigenvalue weighted by Gasteiger charge is -2.12. The van der Waals surface area contributed by atoms with Crippen molar-refractivity contribution in [1.82, 2.24) is 9.97 Å². The van der Waals surface area contributed by atoms with Crippen LogP contribution in [-0.4, -0.2) is 23.7 Å². The van der Waals surface area contributed by atoms with E-state index in [9.17, 15) is 5.26 Å². The van der Waals surface area contributed by atoms with Crippen LogP contribution in [0.15, 0.2) is 46.5 Å². The molecule has 0 saturated carbocycles. The molecule has 132 valence electrons. The summed E-state index contributed by atoms with van der Waals surface area (Å²) in [5.41, 5.74) is 2.70. The molecule has 0 bridgehead atoms. The number of methoxy groups -OCH3 is 1. The number of thioether (sulfide) groups is 1. The van der Waals surface area contributed by atoms with Crippen molar-refractivity contribution in [1.29, 1.82) is 5.26 Å². The number of H-pyrrole nitrogens is 1. The molecule has 3 aromatic rings. The van der Waals surface area contributed by atoms with Gasteiger partial charge in [0.2, 0.25) is 0 Å². The fourth-order valence-electron chi connectivity index (χ4n) is 2.43. The minimum absolute atomic E-state index is 0.533. The maximum absolute atomic E-state index is 9.52. The summed E-state index contributed by atoms with van der Waals surface area (Å²) in [6, 6.07) is 13.8. The van der Waals surface area contributed by atoms with Crippen LogP contribution in [0, 0.1) is 14.9 Å². The van der Waals surface area contributed by atoms with Crippen molar-refractivity contribution in [2.75, 3.05) is 13.7 Å². The minimum atomic E-state index is 0.533. The number of nitrogens with one attached hydrogen (secondary N) is 1. The number of para-hydroxylation sites is 2. The van der Waals surface area contributed by atoms with E-state index in [-0.39, 0.29) is 0 Å². The van der Waals surface area contributed by atoms with Crippen LogP contribution in [0.4, 0.5) is 0 Å². The second kappa shape index (κ2) is 8.47. The van der Waals surface area contributed by atoms with Gasteiger partial charge in [0.15, 0.2) is 16.7 Å². The zero-order valence-electron chi connectivity index (χ0n) is 14.2. The van der Waals surface area contributed by atoms with Crippen LogP contribution in [-0.2, 0) is 0 Å². The summed E-state index contributed by atoms with van der Waals surface area (Å²) in [7, 11) is 1.61. The summed E-state index contributed by atoms with van der Waals surface area (Å²) in [4.78, 5) is 8.25. The number of allylic oxidation sites excluding steroid dienone is 1. The molecule has 0 aliphatic carbocycles. The van der Waals surface area contributed by atoms with Gasteiger partial charge in [-0.2, -0.15) is 5.26 Å². The third-order valence-corrected chi connectivity index (χ3v) is 5.14. The molecular formula is C19H16IN3O2S. The third kappa shape index (κ3) is 4.14. The van der Waals surface area contributed by atoms with Crippen LogP contribution < -0.4 is 9.47 Å². The Labute approximate surface area is 169 Å². The van der Waals surface area contributed by atoms with E-state index in [4.69, 9.17) is 9.47 Å². The Bertz CT molecular complexity index is 975. The third-order valence-electron chi connectivity index (χ3n) is 3.52. The van der Waals surface area contributed by atoms with Gasteiger partial charge < -0.3 is 14.5 Å². The molecule has 5 nitrogen and oxygen atoms in total. The first-order chi connectivity index (χ1) is 12.6. The fraction of sp³-hybridized carbons (Fsp3) is 0.158. The van der Waals surface area contributed by atoms with Crippen LogP contribution in [0.25, 0.3) is 17.1 Å². The summed E-state index contributed by atoms with van der Waals surface area (Å²) in [6.07, 6.45) is 1.82. The van der Waals surface area contributed by atoms with E-state index >= 15 is 0 Å². The van der Waals surface area contributed by atoms with Gasteiger partial charge in [-0.15, -0.1) is 0 Å². The lowest BCUT2D eigenvalue weighted by atomic mass is 10.2. The molecule has 0 amide bonds. The molecule has 0 saturated heterocycles. The molecule has 0 aliphatic rings. The Balaban J connectivity index is 1.91. The smallest absolute Gasteiger partial charge is 0.174 e. The van der Waals surface area contributed by atoms with Gasteiger partial charge in [-0.3, -0.25) is 0 Å². The lowest BCUT2D eigenvalue weighted by Crippen LogP contribution is -1.98. The first kappa shape index (κ1) is 18.6. The summed E-state index contributed by atoms with van der Waals surface area (Å²) in [6.45, 7) is 2.49. The number of fused-ring (bicyclic) bond motifs is 1. The predicted molar refractivity (Wildman–Crippen MR) is 112 cm³/mol. The largest absolute Gasteiger partial charge is 0.493 e. The number of imidazole rings is 1. The number of nitrogens with zero attached hydrogens (tertiary/aromatic N) is 2. The summed E-state index contributed by atoms with van der Waals surface area (Å²) in [5.74, 6) is 1.37. The first-order valence-electron chi connectivity index (χ1n) is 7.89. The van der Waals surface area contributed by atoms with Gasteiger partial charge in [-0.05, 0) is 77.2 Å². The Morgan fingerprint density at radius 2 is 2.19 bits per heavy atom. The first-order valence-corrected chi connectivity index (χ1v) is 9.78. The maximum Gasteiger partial charge on any atom is 0.174 e. The molecule has 0 spiro atoms. The summed E-state index contributed by atoms with van der Waals surface area (Å²) in [5, 5.41) is 10.2. The highest BCUT2D eigenvalue weighted by molar-refractivity contribution is 14.1. The van der Waals surface area contributed by atoms with Crippen molar-refractivity contribution < 1.29 is 9.47 Å². The second-order valence-corrected chi connectivity index (χ2v) is 7.44. The Morgan fingerprint density at radius 3 is 2.88 bits per heavy atom. The van der Waals surface area contributed by atoms with E-state index in [1.165, 1.54) is 11.8 Å². The molecule has 2 aromatic carbocycles. The molecule has 7 heteroatoms. The monoisotopic (exact) mass is 477 g/mol. The van der Waals surface area contributed by atoms with Crippen molar-refractivity contribution in [2.24, 2.45) is 0 Å². The number of rotatable bonds is 6. The van der Waals surface area contributed by atoms with E-state index in [0.29, 0.717) is 22.4 Å². The molecular weight excluding hydrogens is 461 g/mol. The van der Waals surface area contributed by atoms with Crippen molar-refractivity contribution >= 4 is 51.5 Å². The highest BCUT2D eigenvalue weighted by Gasteiger charge is 2.12. The number of aromatic amines is 1. The molecule has 0 unspecified atom stereocenters. The number of aromatic nitrogens is 2. The van der Waals surface area contributed by atoms with Crippen LogP contribution in [0.2, 0.25) is 0 Å². The molecule has 3 rings (SSSR count). The summed E-state index contributed by atoms with van der Waals surface area (Å²) >= 11 is 3.51. The number of halogens is 1. The van der Waals surface area contributed by atoms with Crippen LogP contribution in [0.3, 0.4) is 0 Å². The summed E-state index contributed by atoms with van der Waals surface area (Å²) < 4.78 is 12.0. The van der Waals surface area contributed by atoms with Gasteiger partial charge in [-0.25, -0.2) is 4.98 Å². The number of nitriles is 1. The van der Waals surface area contributed by atoms with E-state index in [1.54, 1.807) is 7.11 Å². The van der Waals surface area contributed by atoms with E-state index in [1.807, 2.05) is 49.4 Å². The van der Waals surface area contributed by atoms with Gasteiger partial charge in [0.05, 0.1) is 33.2 Å². The van der Waals surface area contributed by atoms with Crippen molar-refractivity contribution in [3.05, 3.63) is 50.4 Å². The van der Waals surface area contributed by atoms with Gasteiger partial charge >= 0.3 is 0 Å². The number of hydrogen-bond acceptors (Lipinski definition) is 5. The zero-order valence-corrected chi connectivity index (χ0v) is 17.2. The van der Waals surface area contributed by atoms with E-state index in [2.05, 4.69) is 38.6 Å². The van der Waals surface area contributed by atoms with Crippen molar-refractivity contribution in [3.8, 4) is 17.6 Å². The molecule has 26 heavy (non-hydrogen) atoms. The highest BCUT2D eigenvalue weighted by Crippen LogP contribution is 2.35. The van der Waals surface area contributed by atoms with Crippen LogP contribution in [0.1, 0.15) is 12.5 Å². The fourth-order valence-corrected chi connectivity index (χ4v) is 3.96. The molecule has 1 N–H and O–H groups in total. The second-order valence-electron chi connectivity index (χ2n) is 5.25. The van der Waals surface area contributed by atoms with Crippen molar-refractivity contribution in [3.63, 3.8) is 0 Å². The van der Waals surface area contributed by atoms with E-state index in [0.717, 1.165) is 25.9 Å². The Hall–Kier alpha value is -2.18. The Morgan fingerprint density at radius 1 is 1.38 bits per heavy atom. The van der Waals surface area contributed by atoms with Gasteiger partial charge in [0, 0.05) is 0 Å². The lowest BCUT2D eigenvalue weighted by molar-refractivity contribution is 0.308. The Kier molecular flexibility index (Phi) is 6.06. The average molecular weight is 477 g/mol. The normalized spacial score (nSPS) is 11.4. The number of benzene rings is 2. The molecule has 0 radical (unpaired) electrons. The maximum atomic E-state index is 9.52. The number of hydrogen-bond donors (Lipinski definition) is 1. The van der Waals surface area contributed by atoms with Crippen molar-refractivity contribution in [2.45, 2.75) is 12.1 Å². The van der Waals surface area contributed by atoms with E-state index < -0.39 is 0 Å². The average Bonchev–Trinajstić information content (AvgIpc) is 3.05. The zero-order chi connectivity index (χ0) is 18.5. The van der Waals surface area contributed by atoms with Gasteiger partial charge in [-0.1, -0.05) is 12.1 Å². The topological polar surface area (TPSA) is 70.9 Å². The van der Waals surface area contributed by atoms with Gasteiger partial charge in [0.25, 0.3) is 0 Å². The minimum Gasteiger partial charge on any atom is -0.493 e. The molecule has 0 fully saturated rings. The molecule has 1 aromatic heterocycles. The van der Waals surface area contributed by atoms with Crippen LogP contribution >= 0.6 is 34.4 Å². The molecule has 0 atom stereocenters. The highest BCUT2D eigenvalue weighted by atomic mass is 127. The molecule has 0 aliphatic heterocycles. The van der Waals surface area contributed by atoms with Gasteiger partial charge in [0.1, 0.15) is 6.07 Å². The standard InChI is InChI=1S/C19H16IN3O2S/c1-3-25-18-14(20)9-12(10-17(18)24-2)8-13(11-21)26-19-22-15-6-4-5-7-16(15)23-19/h4-10H,3H2,1-2H3,(H,22,23)/b13-8+. The van der Waals surface area contributed by atoms with Crippen LogP contribution in [0.5, 0.6) is 11.5 Å².